The Morgan fingerprint density at radius 2 is 2.50 bits per heavy atom. The second-order valence-corrected chi connectivity index (χ2v) is 5.53. The number of hydrogen-bond acceptors (Lipinski definition) is 4. The maximum atomic E-state index is 5.53. The predicted molar refractivity (Wildman–Crippen MR) is 67.0 cm³/mol. The zero-order chi connectivity index (χ0) is 11.4. The lowest BCUT2D eigenvalue weighted by Gasteiger charge is -2.27. The molecule has 0 amide bonds. The van der Waals surface area contributed by atoms with E-state index in [-0.39, 0.29) is 0 Å². The summed E-state index contributed by atoms with van der Waals surface area (Å²) in [6.07, 6.45) is 3.72. The van der Waals surface area contributed by atoms with E-state index < -0.39 is 0 Å². The average Bonchev–Trinajstić information content (AvgIpc) is 2.64. The Balaban J connectivity index is 1.67. The van der Waals surface area contributed by atoms with E-state index in [0.29, 0.717) is 12.1 Å². The van der Waals surface area contributed by atoms with E-state index in [2.05, 4.69) is 29.5 Å². The molecule has 90 valence electrons. The number of hydrogen-bond donors (Lipinski definition) is 1. The molecule has 0 aliphatic carbocycles. The maximum absolute atomic E-state index is 5.53. The van der Waals surface area contributed by atoms with Gasteiger partial charge in [0.25, 0.3) is 0 Å². The van der Waals surface area contributed by atoms with Crippen molar-refractivity contribution in [2.75, 3.05) is 13.2 Å². The van der Waals surface area contributed by atoms with Crippen molar-refractivity contribution < 1.29 is 4.74 Å². The Bertz CT molecular complexity index is 327. The highest BCUT2D eigenvalue weighted by Gasteiger charge is 2.18. The van der Waals surface area contributed by atoms with E-state index in [9.17, 15) is 0 Å². The molecule has 0 aromatic carbocycles. The van der Waals surface area contributed by atoms with Gasteiger partial charge in [0.15, 0.2) is 0 Å². The van der Waals surface area contributed by atoms with Gasteiger partial charge in [-0.1, -0.05) is 0 Å². The van der Waals surface area contributed by atoms with Crippen LogP contribution >= 0.6 is 11.3 Å². The van der Waals surface area contributed by atoms with Crippen molar-refractivity contribution in [2.45, 2.75) is 45.3 Å². The van der Waals surface area contributed by atoms with Crippen molar-refractivity contribution in [3.05, 3.63) is 16.1 Å². The van der Waals surface area contributed by atoms with Crippen LogP contribution in [0.1, 0.15) is 30.5 Å². The highest BCUT2D eigenvalue weighted by molar-refractivity contribution is 7.09. The van der Waals surface area contributed by atoms with Gasteiger partial charge in [0.1, 0.15) is 0 Å². The lowest BCUT2D eigenvalue weighted by Crippen LogP contribution is -2.38. The fourth-order valence-corrected chi connectivity index (χ4v) is 2.76. The lowest BCUT2D eigenvalue weighted by atomic mass is 10.0. The molecule has 4 heteroatoms. The minimum atomic E-state index is 0.410. The minimum absolute atomic E-state index is 0.410. The summed E-state index contributed by atoms with van der Waals surface area (Å²) in [6, 6.07) is 0.628. The van der Waals surface area contributed by atoms with Crippen molar-refractivity contribution in [2.24, 2.45) is 0 Å². The second-order valence-electron chi connectivity index (χ2n) is 4.46. The van der Waals surface area contributed by atoms with Crippen molar-refractivity contribution >= 4 is 11.3 Å². The molecular formula is C12H20N2OS. The van der Waals surface area contributed by atoms with Crippen LogP contribution in [0.4, 0.5) is 0 Å². The molecule has 0 radical (unpaired) electrons. The molecule has 0 bridgehead atoms. The van der Waals surface area contributed by atoms with Gasteiger partial charge in [-0.2, -0.15) is 0 Å². The zero-order valence-electron chi connectivity index (χ0n) is 10.0. The summed E-state index contributed by atoms with van der Waals surface area (Å²) in [4.78, 5) is 4.46. The Morgan fingerprint density at radius 1 is 1.62 bits per heavy atom. The first-order valence-corrected chi connectivity index (χ1v) is 6.88. The first kappa shape index (κ1) is 12.0. The van der Waals surface area contributed by atoms with Gasteiger partial charge in [0.05, 0.1) is 16.8 Å². The topological polar surface area (TPSA) is 34.2 Å². The zero-order valence-corrected chi connectivity index (χ0v) is 10.8. The van der Waals surface area contributed by atoms with Crippen LogP contribution in [-0.4, -0.2) is 30.3 Å². The number of ether oxygens (including phenoxy) is 1. The number of thiazole rings is 1. The quantitative estimate of drug-likeness (QED) is 0.875. The molecule has 1 saturated heterocycles. The van der Waals surface area contributed by atoms with Crippen LogP contribution in [0.2, 0.25) is 0 Å². The van der Waals surface area contributed by atoms with Crippen LogP contribution in [0.25, 0.3) is 0 Å². The monoisotopic (exact) mass is 240 g/mol. The second kappa shape index (κ2) is 5.75. The van der Waals surface area contributed by atoms with E-state index in [0.717, 1.165) is 37.4 Å². The van der Waals surface area contributed by atoms with Gasteiger partial charge in [0, 0.05) is 31.0 Å². The summed E-state index contributed by atoms with van der Waals surface area (Å²) in [5.41, 5.74) is 1.22. The molecule has 1 N–H and O–H groups in total. The molecule has 0 spiro atoms. The van der Waals surface area contributed by atoms with Gasteiger partial charge in [-0.05, 0) is 26.7 Å². The maximum Gasteiger partial charge on any atom is 0.0897 e. The molecule has 2 rings (SSSR count). The fraction of sp³-hybridized carbons (Fsp3) is 0.750. The summed E-state index contributed by atoms with van der Waals surface area (Å²) in [5.74, 6) is 0. The summed E-state index contributed by atoms with van der Waals surface area (Å²) < 4.78 is 5.53. The normalized spacial score (nSPS) is 25.9. The standard InChI is InChI=1S/C12H20N2OS/c1-9-7-11(4-6-15-9)13-5-3-12-8-16-10(2)14-12/h8-9,11,13H,3-7H2,1-2H3. The number of nitrogens with zero attached hydrogens (tertiary/aromatic N) is 1. The van der Waals surface area contributed by atoms with Gasteiger partial charge in [-0.25, -0.2) is 4.98 Å². The van der Waals surface area contributed by atoms with Crippen LogP contribution in [0, 0.1) is 6.92 Å². The molecule has 1 fully saturated rings. The molecule has 1 aromatic heterocycles. The third-order valence-electron chi connectivity index (χ3n) is 2.97. The van der Waals surface area contributed by atoms with Crippen LogP contribution in [0.15, 0.2) is 5.38 Å². The molecule has 1 aliphatic rings. The van der Waals surface area contributed by atoms with Gasteiger partial charge in [-0.15, -0.1) is 11.3 Å². The molecule has 2 heterocycles. The largest absolute Gasteiger partial charge is 0.378 e. The first-order chi connectivity index (χ1) is 7.74. The van der Waals surface area contributed by atoms with E-state index in [4.69, 9.17) is 4.74 Å². The highest BCUT2D eigenvalue weighted by Crippen LogP contribution is 2.13. The molecular weight excluding hydrogens is 220 g/mol. The van der Waals surface area contributed by atoms with E-state index in [1.54, 1.807) is 11.3 Å². The van der Waals surface area contributed by atoms with Gasteiger partial charge in [0.2, 0.25) is 0 Å². The number of aromatic nitrogens is 1. The summed E-state index contributed by atoms with van der Waals surface area (Å²) in [7, 11) is 0. The molecule has 1 aliphatic heterocycles. The molecule has 2 atom stereocenters. The highest BCUT2D eigenvalue weighted by atomic mass is 32.1. The summed E-state index contributed by atoms with van der Waals surface area (Å²) >= 11 is 1.73. The Hall–Kier alpha value is -0.450. The SMILES string of the molecule is Cc1nc(CCNC2CCOC(C)C2)cs1. The smallest absolute Gasteiger partial charge is 0.0897 e. The van der Waals surface area contributed by atoms with Gasteiger partial charge < -0.3 is 10.1 Å². The van der Waals surface area contributed by atoms with Crippen molar-refractivity contribution in [1.82, 2.24) is 10.3 Å². The third kappa shape index (κ3) is 3.54. The molecule has 3 nitrogen and oxygen atoms in total. The number of rotatable bonds is 4. The number of nitrogens with one attached hydrogen (secondary N) is 1. The average molecular weight is 240 g/mol. The van der Waals surface area contributed by atoms with Gasteiger partial charge >= 0.3 is 0 Å². The van der Waals surface area contributed by atoms with Crippen LogP contribution < -0.4 is 5.32 Å². The van der Waals surface area contributed by atoms with Crippen LogP contribution in [-0.2, 0) is 11.2 Å². The minimum Gasteiger partial charge on any atom is -0.378 e. The molecule has 0 saturated carbocycles. The van der Waals surface area contributed by atoms with E-state index in [1.165, 1.54) is 5.69 Å². The fourth-order valence-electron chi connectivity index (χ4n) is 2.11. The first-order valence-electron chi connectivity index (χ1n) is 6.00. The Morgan fingerprint density at radius 3 is 3.19 bits per heavy atom. The molecule has 1 aromatic rings. The number of aryl methyl sites for hydroxylation is 1. The molecule has 2 unspecified atom stereocenters. The Labute approximate surface area is 101 Å². The predicted octanol–water partition coefficient (Wildman–Crippen LogP) is 2.15. The Kier molecular flexibility index (Phi) is 4.32. The van der Waals surface area contributed by atoms with Crippen LogP contribution in [0.3, 0.4) is 0 Å². The van der Waals surface area contributed by atoms with Gasteiger partial charge in [-0.3, -0.25) is 0 Å². The molecule has 16 heavy (non-hydrogen) atoms. The third-order valence-corrected chi connectivity index (χ3v) is 3.79. The van der Waals surface area contributed by atoms with E-state index >= 15 is 0 Å². The summed E-state index contributed by atoms with van der Waals surface area (Å²) in [6.45, 7) is 6.13. The lowest BCUT2D eigenvalue weighted by molar-refractivity contribution is 0.0135. The van der Waals surface area contributed by atoms with Crippen LogP contribution in [0.5, 0.6) is 0 Å². The van der Waals surface area contributed by atoms with E-state index in [1.807, 2.05) is 0 Å². The van der Waals surface area contributed by atoms with Crippen molar-refractivity contribution in [1.29, 1.82) is 0 Å². The van der Waals surface area contributed by atoms with Crippen molar-refractivity contribution in [3.8, 4) is 0 Å². The van der Waals surface area contributed by atoms with Crippen molar-refractivity contribution in [3.63, 3.8) is 0 Å². The summed E-state index contributed by atoms with van der Waals surface area (Å²) in [5, 5.41) is 6.91.